The first kappa shape index (κ1) is 36.7. The molecule has 9 nitrogen and oxygen atoms in total. The molecule has 4 rings (SSSR count). The van der Waals surface area contributed by atoms with Crippen molar-refractivity contribution >= 4 is 23.9 Å². The Bertz CT molecular complexity index is 1650. The van der Waals surface area contributed by atoms with Crippen molar-refractivity contribution in [1.82, 2.24) is 15.5 Å². The number of hydrogen-bond acceptors (Lipinski definition) is 6. The van der Waals surface area contributed by atoms with E-state index in [2.05, 4.69) is 16.6 Å². The van der Waals surface area contributed by atoms with Crippen molar-refractivity contribution in [2.24, 2.45) is 0 Å². The summed E-state index contributed by atoms with van der Waals surface area (Å²) in [7, 11) is 0. The average Bonchev–Trinajstić information content (AvgIpc) is 3.87. The first-order chi connectivity index (χ1) is 23.1. The fourth-order valence-electron chi connectivity index (χ4n) is 5.50. The number of nitrogens with zero attached hydrogens (tertiary/aromatic N) is 1. The molecule has 3 atom stereocenters. The van der Waals surface area contributed by atoms with E-state index in [9.17, 15) is 19.2 Å². The summed E-state index contributed by atoms with van der Waals surface area (Å²) in [5.74, 6) is 0.990. The van der Waals surface area contributed by atoms with Gasteiger partial charge in [-0.15, -0.1) is 6.42 Å². The average molecular weight is 666 g/mol. The predicted octanol–water partition coefficient (Wildman–Crippen LogP) is 5.91. The lowest BCUT2D eigenvalue weighted by atomic mass is 9.95. The molecule has 3 amide bonds. The fraction of sp³-hybridized carbons (Fsp3) is 0.400. The number of alkyl carbamates (subject to hydrolysis) is 1. The van der Waals surface area contributed by atoms with Gasteiger partial charge in [0.2, 0.25) is 11.8 Å². The number of carbonyl (C=O) groups is 4. The van der Waals surface area contributed by atoms with Gasteiger partial charge in [0.25, 0.3) is 0 Å². The van der Waals surface area contributed by atoms with Gasteiger partial charge in [0, 0.05) is 24.4 Å². The van der Waals surface area contributed by atoms with Crippen LogP contribution in [0.3, 0.4) is 0 Å². The highest BCUT2D eigenvalue weighted by atomic mass is 16.6. The number of ether oxygens (including phenoxy) is 2. The summed E-state index contributed by atoms with van der Waals surface area (Å²) in [5.41, 5.74) is 0.882. The second kappa shape index (κ2) is 15.9. The molecular weight excluding hydrogens is 618 g/mol. The number of benzene rings is 3. The molecule has 0 spiro atoms. The molecule has 49 heavy (non-hydrogen) atoms. The van der Waals surface area contributed by atoms with Crippen LogP contribution in [-0.4, -0.2) is 58.1 Å². The number of carbonyl (C=O) groups excluding carboxylic acids is 4. The van der Waals surface area contributed by atoms with Crippen molar-refractivity contribution in [3.05, 3.63) is 107 Å². The normalized spacial score (nSPS) is 14.7. The molecule has 1 saturated carbocycles. The third-order valence-corrected chi connectivity index (χ3v) is 7.69. The van der Waals surface area contributed by atoms with Gasteiger partial charge in [-0.3, -0.25) is 9.59 Å². The Morgan fingerprint density at radius 1 is 0.755 bits per heavy atom. The maximum Gasteiger partial charge on any atom is 0.408 e. The van der Waals surface area contributed by atoms with Crippen LogP contribution in [0, 0.1) is 12.3 Å². The quantitative estimate of drug-likeness (QED) is 0.184. The molecule has 2 N–H and O–H groups in total. The summed E-state index contributed by atoms with van der Waals surface area (Å²) in [6, 6.07) is 21.9. The minimum absolute atomic E-state index is 0.155. The van der Waals surface area contributed by atoms with Crippen LogP contribution in [0.1, 0.15) is 82.7 Å². The van der Waals surface area contributed by atoms with Crippen LogP contribution in [-0.2, 0) is 36.7 Å². The van der Waals surface area contributed by atoms with Gasteiger partial charge in [-0.05, 0) is 77.1 Å². The fourth-order valence-corrected chi connectivity index (χ4v) is 5.50. The van der Waals surface area contributed by atoms with Crippen LogP contribution in [0.5, 0.6) is 0 Å². The van der Waals surface area contributed by atoms with E-state index in [0.29, 0.717) is 24.0 Å². The summed E-state index contributed by atoms with van der Waals surface area (Å²) in [5, 5.41) is 5.71. The highest BCUT2D eigenvalue weighted by Gasteiger charge is 2.45. The van der Waals surface area contributed by atoms with Crippen LogP contribution in [0.2, 0.25) is 0 Å². The summed E-state index contributed by atoms with van der Waals surface area (Å²) >= 11 is 0. The van der Waals surface area contributed by atoms with E-state index >= 15 is 0 Å². The van der Waals surface area contributed by atoms with Crippen molar-refractivity contribution in [3.63, 3.8) is 0 Å². The number of nitrogens with one attached hydrogen (secondary N) is 2. The van der Waals surface area contributed by atoms with Crippen molar-refractivity contribution in [2.75, 3.05) is 0 Å². The van der Waals surface area contributed by atoms with E-state index in [1.807, 2.05) is 60.7 Å². The third kappa shape index (κ3) is 11.0. The summed E-state index contributed by atoms with van der Waals surface area (Å²) in [6.07, 6.45) is 6.80. The van der Waals surface area contributed by atoms with Crippen LogP contribution in [0.4, 0.5) is 4.79 Å². The monoisotopic (exact) mass is 665 g/mol. The molecule has 0 aromatic heterocycles. The molecule has 1 fully saturated rings. The lowest BCUT2D eigenvalue weighted by Crippen LogP contribution is -2.56. The van der Waals surface area contributed by atoms with Gasteiger partial charge in [0.05, 0.1) is 0 Å². The Hall–Kier alpha value is -5.10. The molecule has 0 heterocycles. The summed E-state index contributed by atoms with van der Waals surface area (Å²) in [6.45, 7) is 10.5. The second-order valence-corrected chi connectivity index (χ2v) is 14.3. The number of amides is 3. The second-order valence-electron chi connectivity index (χ2n) is 14.3. The van der Waals surface area contributed by atoms with Gasteiger partial charge < -0.3 is 25.0 Å². The molecule has 0 radical (unpaired) electrons. The van der Waals surface area contributed by atoms with Crippen molar-refractivity contribution in [1.29, 1.82) is 0 Å². The molecule has 0 bridgehead atoms. The molecule has 1 aliphatic rings. The number of hydrogen-bond donors (Lipinski definition) is 2. The van der Waals surface area contributed by atoms with Crippen LogP contribution >= 0.6 is 0 Å². The van der Waals surface area contributed by atoms with Crippen LogP contribution in [0.15, 0.2) is 84.9 Å². The lowest BCUT2D eigenvalue weighted by Gasteiger charge is -2.36. The zero-order chi connectivity index (χ0) is 35.8. The Balaban J connectivity index is 1.77. The third-order valence-electron chi connectivity index (χ3n) is 7.69. The zero-order valence-electron chi connectivity index (χ0n) is 29.2. The van der Waals surface area contributed by atoms with Crippen molar-refractivity contribution in [2.45, 2.75) is 103 Å². The molecular formula is C40H47N3O6. The van der Waals surface area contributed by atoms with E-state index in [-0.39, 0.29) is 18.9 Å². The highest BCUT2D eigenvalue weighted by Crippen LogP contribution is 2.37. The van der Waals surface area contributed by atoms with E-state index in [4.69, 9.17) is 15.9 Å². The first-order valence-electron chi connectivity index (χ1n) is 16.6. The maximum atomic E-state index is 14.8. The Morgan fingerprint density at radius 3 is 1.78 bits per heavy atom. The van der Waals surface area contributed by atoms with Crippen molar-refractivity contribution < 1.29 is 28.7 Å². The smallest absolute Gasteiger partial charge is 0.408 e. The SMILES string of the molecule is C#Cc1ccccc1C(C(=O)NC(Cc1ccccc1)C(=O)OC(C)(C)C)N(C(=O)C(Cc1ccccc1)NC(=O)OC(C)(C)C)C1CC1. The van der Waals surface area contributed by atoms with Gasteiger partial charge in [0.1, 0.15) is 29.3 Å². The highest BCUT2D eigenvalue weighted by molar-refractivity contribution is 5.95. The van der Waals surface area contributed by atoms with Crippen LogP contribution in [0.25, 0.3) is 0 Å². The standard InChI is InChI=1S/C40H47N3O6/c1-8-29-21-15-16-22-31(29)34(35(44)41-33(37(46)48-39(2,3)4)26-28-19-13-10-14-20-28)43(30-23-24-30)36(45)32(25-27-17-11-9-12-18-27)42-38(47)49-40(5,6)7/h1,9-22,30,32-34H,23-26H2,2-7H3,(H,41,44)(H,42,47). The minimum atomic E-state index is -1.22. The Kier molecular flexibility index (Phi) is 11.9. The zero-order valence-corrected chi connectivity index (χ0v) is 29.2. The maximum absolute atomic E-state index is 14.8. The molecule has 0 aliphatic heterocycles. The molecule has 3 aromatic carbocycles. The molecule has 1 aliphatic carbocycles. The lowest BCUT2D eigenvalue weighted by molar-refractivity contribution is -0.159. The number of rotatable bonds is 12. The van der Waals surface area contributed by atoms with E-state index in [1.54, 1.807) is 65.8 Å². The summed E-state index contributed by atoms with van der Waals surface area (Å²) in [4.78, 5) is 57.6. The molecule has 0 saturated heterocycles. The van der Waals surface area contributed by atoms with Gasteiger partial charge >= 0.3 is 12.1 Å². The predicted molar refractivity (Wildman–Crippen MR) is 188 cm³/mol. The topological polar surface area (TPSA) is 114 Å². The summed E-state index contributed by atoms with van der Waals surface area (Å²) < 4.78 is 11.3. The van der Waals surface area contributed by atoms with Gasteiger partial charge in [-0.2, -0.15) is 0 Å². The molecule has 258 valence electrons. The molecule has 9 heteroatoms. The Labute approximate surface area is 289 Å². The van der Waals surface area contributed by atoms with Gasteiger partial charge in [-0.25, -0.2) is 9.59 Å². The molecule has 3 aromatic rings. The van der Waals surface area contributed by atoms with Gasteiger partial charge in [-0.1, -0.05) is 84.8 Å². The number of esters is 1. The first-order valence-corrected chi connectivity index (χ1v) is 16.6. The van der Waals surface area contributed by atoms with E-state index in [0.717, 1.165) is 11.1 Å². The molecule has 3 unspecified atom stereocenters. The van der Waals surface area contributed by atoms with E-state index in [1.165, 1.54) is 4.90 Å². The van der Waals surface area contributed by atoms with Crippen molar-refractivity contribution in [3.8, 4) is 12.3 Å². The largest absolute Gasteiger partial charge is 0.458 e. The number of terminal acetylenes is 1. The van der Waals surface area contributed by atoms with E-state index < -0.39 is 53.2 Å². The van der Waals surface area contributed by atoms with Crippen LogP contribution < -0.4 is 10.6 Å². The Morgan fingerprint density at radius 2 is 1.27 bits per heavy atom. The minimum Gasteiger partial charge on any atom is -0.458 e. The van der Waals surface area contributed by atoms with Gasteiger partial charge in [0.15, 0.2) is 0 Å².